The molecule has 0 aliphatic carbocycles. The lowest BCUT2D eigenvalue weighted by Gasteiger charge is -2.14. The molecular weight excluding hydrogens is 292 g/mol. The van der Waals surface area contributed by atoms with Crippen molar-refractivity contribution in [2.24, 2.45) is 5.92 Å². The van der Waals surface area contributed by atoms with Gasteiger partial charge in [-0.2, -0.15) is 0 Å². The topological polar surface area (TPSA) is 62.8 Å². The number of benzene rings is 1. The standard InChI is InChI=1S/C15H24N2O3.ClH/c1-19-6-7-20-14-4-2-12(3-5-14)8-16-9-13-10-17-11-15(13)18;/h2-5,13,15-18H,6-11H2,1H3;1H. The highest BCUT2D eigenvalue weighted by Gasteiger charge is 2.23. The van der Waals surface area contributed by atoms with E-state index in [0.29, 0.717) is 25.7 Å². The Kier molecular flexibility index (Phi) is 8.64. The summed E-state index contributed by atoms with van der Waals surface area (Å²) in [4.78, 5) is 0. The highest BCUT2D eigenvalue weighted by molar-refractivity contribution is 5.85. The maximum Gasteiger partial charge on any atom is 0.119 e. The van der Waals surface area contributed by atoms with Gasteiger partial charge in [0.15, 0.2) is 0 Å². The molecule has 2 rings (SSSR count). The molecule has 1 saturated heterocycles. The van der Waals surface area contributed by atoms with Crippen molar-refractivity contribution in [3.63, 3.8) is 0 Å². The molecule has 2 unspecified atom stereocenters. The first-order valence-electron chi connectivity index (χ1n) is 7.10. The van der Waals surface area contributed by atoms with Crippen LogP contribution in [0.2, 0.25) is 0 Å². The van der Waals surface area contributed by atoms with E-state index in [2.05, 4.69) is 22.8 Å². The van der Waals surface area contributed by atoms with Crippen LogP contribution in [0.3, 0.4) is 0 Å². The fourth-order valence-electron chi connectivity index (χ4n) is 2.28. The van der Waals surface area contributed by atoms with Gasteiger partial charge >= 0.3 is 0 Å². The summed E-state index contributed by atoms with van der Waals surface area (Å²) in [5.41, 5.74) is 1.21. The van der Waals surface area contributed by atoms with Gasteiger partial charge in [-0.15, -0.1) is 12.4 Å². The number of ether oxygens (including phenoxy) is 2. The Morgan fingerprint density at radius 3 is 2.62 bits per heavy atom. The fraction of sp³-hybridized carbons (Fsp3) is 0.600. The lowest BCUT2D eigenvalue weighted by molar-refractivity contribution is 0.146. The Morgan fingerprint density at radius 2 is 2.00 bits per heavy atom. The molecule has 0 bridgehead atoms. The predicted octanol–water partition coefficient (Wildman–Crippen LogP) is 0.804. The molecule has 1 aromatic carbocycles. The van der Waals surface area contributed by atoms with Gasteiger partial charge in [0.2, 0.25) is 0 Å². The molecule has 0 amide bonds. The minimum Gasteiger partial charge on any atom is -0.491 e. The Morgan fingerprint density at radius 1 is 1.24 bits per heavy atom. The first-order valence-corrected chi connectivity index (χ1v) is 7.10. The summed E-state index contributed by atoms with van der Waals surface area (Å²) >= 11 is 0. The van der Waals surface area contributed by atoms with Crippen LogP contribution in [-0.2, 0) is 11.3 Å². The molecule has 120 valence electrons. The molecular formula is C15H25ClN2O3. The normalized spacial score (nSPS) is 21.0. The van der Waals surface area contributed by atoms with E-state index in [1.165, 1.54) is 5.56 Å². The molecule has 0 spiro atoms. The highest BCUT2D eigenvalue weighted by atomic mass is 35.5. The molecule has 1 heterocycles. The summed E-state index contributed by atoms with van der Waals surface area (Å²) in [6, 6.07) is 8.05. The number of aliphatic hydroxyl groups excluding tert-OH is 1. The van der Waals surface area contributed by atoms with Crippen molar-refractivity contribution >= 4 is 12.4 Å². The Labute approximate surface area is 132 Å². The first kappa shape index (κ1) is 18.2. The van der Waals surface area contributed by atoms with Crippen LogP contribution in [0.5, 0.6) is 5.75 Å². The summed E-state index contributed by atoms with van der Waals surface area (Å²) in [5, 5.41) is 16.3. The van der Waals surface area contributed by atoms with Gasteiger partial charge in [-0.1, -0.05) is 12.1 Å². The SMILES string of the molecule is COCCOc1ccc(CNCC2CNCC2O)cc1.Cl. The fourth-order valence-corrected chi connectivity index (χ4v) is 2.28. The highest BCUT2D eigenvalue weighted by Crippen LogP contribution is 2.12. The van der Waals surface area contributed by atoms with Crippen LogP contribution >= 0.6 is 12.4 Å². The molecule has 2 atom stereocenters. The van der Waals surface area contributed by atoms with Crippen LogP contribution in [-0.4, -0.2) is 51.2 Å². The lowest BCUT2D eigenvalue weighted by atomic mass is 10.1. The number of hydrogen-bond donors (Lipinski definition) is 3. The van der Waals surface area contributed by atoms with Gasteiger partial charge in [-0.05, 0) is 17.7 Å². The summed E-state index contributed by atoms with van der Waals surface area (Å²) < 4.78 is 10.5. The van der Waals surface area contributed by atoms with E-state index in [-0.39, 0.29) is 18.5 Å². The summed E-state index contributed by atoms with van der Waals surface area (Å²) in [7, 11) is 1.66. The Balaban J connectivity index is 0.00000220. The summed E-state index contributed by atoms with van der Waals surface area (Å²) in [6.45, 7) is 4.41. The third-order valence-corrected chi connectivity index (χ3v) is 3.52. The van der Waals surface area contributed by atoms with Crippen molar-refractivity contribution in [1.82, 2.24) is 10.6 Å². The molecule has 0 saturated carbocycles. The molecule has 1 fully saturated rings. The van der Waals surface area contributed by atoms with E-state index in [9.17, 15) is 5.11 Å². The average Bonchev–Trinajstić information content (AvgIpc) is 2.87. The van der Waals surface area contributed by atoms with Crippen molar-refractivity contribution in [3.05, 3.63) is 29.8 Å². The number of aliphatic hydroxyl groups is 1. The molecule has 1 aromatic rings. The molecule has 0 radical (unpaired) electrons. The molecule has 1 aliphatic heterocycles. The molecule has 6 heteroatoms. The zero-order valence-corrected chi connectivity index (χ0v) is 13.2. The third kappa shape index (κ3) is 6.20. The molecule has 5 nitrogen and oxygen atoms in total. The van der Waals surface area contributed by atoms with Crippen molar-refractivity contribution in [2.45, 2.75) is 12.6 Å². The molecule has 1 aliphatic rings. The van der Waals surface area contributed by atoms with Gasteiger partial charge in [0.05, 0.1) is 12.7 Å². The number of methoxy groups -OCH3 is 1. The van der Waals surface area contributed by atoms with Gasteiger partial charge < -0.3 is 25.2 Å². The van der Waals surface area contributed by atoms with Crippen molar-refractivity contribution in [2.75, 3.05) is 40.0 Å². The largest absolute Gasteiger partial charge is 0.491 e. The second-order valence-electron chi connectivity index (χ2n) is 5.10. The van der Waals surface area contributed by atoms with Crippen molar-refractivity contribution < 1.29 is 14.6 Å². The first-order chi connectivity index (χ1) is 9.79. The van der Waals surface area contributed by atoms with Gasteiger partial charge in [-0.25, -0.2) is 0 Å². The van der Waals surface area contributed by atoms with Gasteiger partial charge in [0.25, 0.3) is 0 Å². The zero-order chi connectivity index (χ0) is 14.2. The minimum atomic E-state index is -0.223. The summed E-state index contributed by atoms with van der Waals surface area (Å²) in [5.74, 6) is 1.17. The number of nitrogens with one attached hydrogen (secondary N) is 2. The predicted molar refractivity (Wildman–Crippen MR) is 85.1 cm³/mol. The van der Waals surface area contributed by atoms with Gasteiger partial charge in [0, 0.05) is 39.2 Å². The second-order valence-corrected chi connectivity index (χ2v) is 5.10. The monoisotopic (exact) mass is 316 g/mol. The lowest BCUT2D eigenvalue weighted by Crippen LogP contribution is -2.30. The van der Waals surface area contributed by atoms with Gasteiger partial charge in [-0.3, -0.25) is 0 Å². The Bertz CT molecular complexity index is 389. The van der Waals surface area contributed by atoms with Crippen LogP contribution < -0.4 is 15.4 Å². The number of halogens is 1. The van der Waals surface area contributed by atoms with E-state index in [1.54, 1.807) is 7.11 Å². The maximum atomic E-state index is 9.70. The Hall–Kier alpha value is -0.850. The van der Waals surface area contributed by atoms with E-state index in [4.69, 9.17) is 9.47 Å². The minimum absolute atomic E-state index is 0. The zero-order valence-electron chi connectivity index (χ0n) is 12.4. The second kappa shape index (κ2) is 9.97. The average molecular weight is 317 g/mol. The quantitative estimate of drug-likeness (QED) is 0.619. The van der Waals surface area contributed by atoms with Gasteiger partial charge in [0.1, 0.15) is 12.4 Å². The van der Waals surface area contributed by atoms with Crippen LogP contribution in [0.1, 0.15) is 5.56 Å². The molecule has 3 N–H and O–H groups in total. The number of hydrogen-bond acceptors (Lipinski definition) is 5. The van der Waals surface area contributed by atoms with E-state index >= 15 is 0 Å². The van der Waals surface area contributed by atoms with Crippen LogP contribution in [0.4, 0.5) is 0 Å². The summed E-state index contributed by atoms with van der Waals surface area (Å²) in [6.07, 6.45) is -0.223. The van der Waals surface area contributed by atoms with E-state index in [1.807, 2.05) is 12.1 Å². The van der Waals surface area contributed by atoms with Crippen molar-refractivity contribution in [1.29, 1.82) is 0 Å². The molecule has 0 aromatic heterocycles. The van der Waals surface area contributed by atoms with Crippen molar-refractivity contribution in [3.8, 4) is 5.75 Å². The number of rotatable bonds is 8. The van der Waals surface area contributed by atoms with Crippen LogP contribution in [0, 0.1) is 5.92 Å². The number of β-amino-alcohol motifs (C(OH)–C–C–N with tert-alkyl or cyclic N) is 1. The van der Waals surface area contributed by atoms with E-state index in [0.717, 1.165) is 25.4 Å². The smallest absolute Gasteiger partial charge is 0.119 e. The maximum absolute atomic E-state index is 9.70. The van der Waals surface area contributed by atoms with E-state index < -0.39 is 0 Å². The van der Waals surface area contributed by atoms with Crippen LogP contribution in [0.15, 0.2) is 24.3 Å². The third-order valence-electron chi connectivity index (χ3n) is 3.52. The molecule has 21 heavy (non-hydrogen) atoms. The van der Waals surface area contributed by atoms with Crippen LogP contribution in [0.25, 0.3) is 0 Å².